The fourth-order valence-corrected chi connectivity index (χ4v) is 2.47. The van der Waals surface area contributed by atoms with E-state index in [1.165, 1.54) is 10.8 Å². The number of rotatable bonds is 1. The van der Waals surface area contributed by atoms with Crippen molar-refractivity contribution >= 4 is 26.7 Å². The third-order valence-corrected chi connectivity index (χ3v) is 3.46. The second-order valence-corrected chi connectivity index (χ2v) is 4.64. The summed E-state index contributed by atoms with van der Waals surface area (Å²) in [6.45, 7) is 0. The summed E-state index contributed by atoms with van der Waals surface area (Å²) in [5.41, 5.74) is 2.26. The average Bonchev–Trinajstić information content (AvgIpc) is 2.40. The summed E-state index contributed by atoms with van der Waals surface area (Å²) in [7, 11) is 0. The number of nitrogens with zero attached hydrogens (tertiary/aromatic N) is 1. The van der Waals surface area contributed by atoms with Crippen molar-refractivity contribution in [2.45, 2.75) is 0 Å². The van der Waals surface area contributed by atoms with Crippen LogP contribution in [-0.4, -0.2) is 4.98 Å². The molecule has 0 spiro atoms. The molecule has 17 heavy (non-hydrogen) atoms. The molecule has 0 N–H and O–H groups in total. The Hall–Kier alpha value is -1.67. The number of fused-ring (bicyclic) bond motifs is 1. The van der Waals surface area contributed by atoms with E-state index >= 15 is 0 Å². The molecule has 1 heterocycles. The zero-order valence-electron chi connectivity index (χ0n) is 9.02. The molecule has 0 atom stereocenters. The van der Waals surface area contributed by atoms with Crippen LogP contribution in [0.25, 0.3) is 21.9 Å². The highest BCUT2D eigenvalue weighted by Gasteiger charge is 2.05. The predicted molar refractivity (Wildman–Crippen MR) is 73.7 cm³/mol. The van der Waals surface area contributed by atoms with Gasteiger partial charge in [-0.3, -0.25) is 4.98 Å². The van der Waals surface area contributed by atoms with E-state index in [0.717, 1.165) is 15.6 Å². The molecule has 1 aromatic heterocycles. The smallest absolute Gasteiger partial charge is 0.0273 e. The molecule has 2 aromatic carbocycles. The topological polar surface area (TPSA) is 12.9 Å². The van der Waals surface area contributed by atoms with Crippen molar-refractivity contribution in [3.8, 4) is 11.1 Å². The summed E-state index contributed by atoms with van der Waals surface area (Å²) in [6, 6.07) is 17.6. The summed E-state index contributed by atoms with van der Waals surface area (Å²) < 4.78 is 1.11. The zero-order valence-corrected chi connectivity index (χ0v) is 10.6. The van der Waals surface area contributed by atoms with Crippen LogP contribution < -0.4 is 0 Å². The summed E-state index contributed by atoms with van der Waals surface area (Å²) in [4.78, 5) is 4.05. The molecular formula is C15H9BrN. The van der Waals surface area contributed by atoms with E-state index < -0.39 is 0 Å². The minimum atomic E-state index is 1.11. The Morgan fingerprint density at radius 1 is 0.941 bits per heavy atom. The first kappa shape index (κ1) is 10.5. The molecule has 0 amide bonds. The van der Waals surface area contributed by atoms with Gasteiger partial charge in [0.1, 0.15) is 0 Å². The summed E-state index contributed by atoms with van der Waals surface area (Å²) >= 11 is 3.58. The first-order valence-electron chi connectivity index (χ1n) is 5.35. The molecule has 81 valence electrons. The van der Waals surface area contributed by atoms with Crippen LogP contribution in [0.5, 0.6) is 0 Å². The van der Waals surface area contributed by atoms with E-state index in [1.807, 2.05) is 24.3 Å². The number of pyridine rings is 1. The van der Waals surface area contributed by atoms with Gasteiger partial charge in [0.15, 0.2) is 0 Å². The molecule has 0 unspecified atom stereocenters. The van der Waals surface area contributed by atoms with Crippen molar-refractivity contribution in [2.75, 3.05) is 0 Å². The van der Waals surface area contributed by atoms with Crippen LogP contribution in [0.2, 0.25) is 0 Å². The van der Waals surface area contributed by atoms with Gasteiger partial charge < -0.3 is 0 Å². The Labute approximate surface area is 108 Å². The lowest BCUT2D eigenvalue weighted by molar-refractivity contribution is 1.33. The molecule has 0 saturated carbocycles. The van der Waals surface area contributed by atoms with E-state index in [-0.39, 0.29) is 0 Å². The van der Waals surface area contributed by atoms with Crippen molar-refractivity contribution < 1.29 is 0 Å². The van der Waals surface area contributed by atoms with Crippen molar-refractivity contribution in [1.29, 1.82) is 0 Å². The van der Waals surface area contributed by atoms with Crippen LogP contribution >= 0.6 is 15.9 Å². The van der Waals surface area contributed by atoms with E-state index in [2.05, 4.69) is 45.2 Å². The molecule has 1 radical (unpaired) electrons. The maximum Gasteiger partial charge on any atom is 0.0273 e. The summed E-state index contributed by atoms with van der Waals surface area (Å²) in [5, 5.41) is 2.41. The van der Waals surface area contributed by atoms with Crippen LogP contribution in [0.3, 0.4) is 0 Å². The van der Waals surface area contributed by atoms with Crippen LogP contribution in [0.4, 0.5) is 0 Å². The fourth-order valence-electron chi connectivity index (χ4n) is 1.97. The number of benzene rings is 2. The third-order valence-electron chi connectivity index (χ3n) is 2.77. The van der Waals surface area contributed by atoms with E-state index in [1.54, 1.807) is 12.4 Å². The highest BCUT2D eigenvalue weighted by atomic mass is 79.9. The largest absolute Gasteiger partial charge is 0.265 e. The van der Waals surface area contributed by atoms with Gasteiger partial charge in [-0.25, -0.2) is 0 Å². The molecule has 0 bridgehead atoms. The average molecular weight is 283 g/mol. The van der Waals surface area contributed by atoms with Gasteiger partial charge in [0, 0.05) is 16.9 Å². The number of halogens is 1. The van der Waals surface area contributed by atoms with E-state index in [0.29, 0.717) is 0 Å². The second-order valence-electron chi connectivity index (χ2n) is 3.79. The van der Waals surface area contributed by atoms with Gasteiger partial charge in [-0.2, -0.15) is 0 Å². The first-order chi connectivity index (χ1) is 8.36. The maximum atomic E-state index is 4.05. The monoisotopic (exact) mass is 282 g/mol. The Kier molecular flexibility index (Phi) is 2.65. The van der Waals surface area contributed by atoms with Gasteiger partial charge in [0.25, 0.3) is 0 Å². The molecule has 0 aliphatic rings. The number of aromatic nitrogens is 1. The second kappa shape index (κ2) is 4.30. The molecule has 0 fully saturated rings. The fraction of sp³-hybridized carbons (Fsp3) is 0. The minimum absolute atomic E-state index is 1.11. The highest BCUT2D eigenvalue weighted by molar-refractivity contribution is 9.10. The third kappa shape index (κ3) is 1.85. The molecule has 0 aliphatic heterocycles. The molecule has 0 saturated heterocycles. The number of hydrogen-bond donors (Lipinski definition) is 0. The van der Waals surface area contributed by atoms with Crippen LogP contribution in [-0.2, 0) is 0 Å². The SMILES string of the molecule is Brc1cccc2c(-c3ccncc3)[c]ccc12. The lowest BCUT2D eigenvalue weighted by atomic mass is 9.99. The van der Waals surface area contributed by atoms with Crippen molar-refractivity contribution in [3.63, 3.8) is 0 Å². The lowest BCUT2D eigenvalue weighted by Gasteiger charge is -2.07. The standard InChI is InChI=1S/C15H9BrN/c16-15-6-2-4-13-12(3-1-5-14(13)15)11-7-9-17-10-8-11/h1-2,4-10H. The Morgan fingerprint density at radius 2 is 1.76 bits per heavy atom. The van der Waals surface area contributed by atoms with Gasteiger partial charge in [0.2, 0.25) is 0 Å². The van der Waals surface area contributed by atoms with Crippen molar-refractivity contribution in [2.24, 2.45) is 0 Å². The van der Waals surface area contributed by atoms with Crippen LogP contribution in [0.15, 0.2) is 59.3 Å². The molecular weight excluding hydrogens is 274 g/mol. The number of hydrogen-bond acceptors (Lipinski definition) is 1. The maximum absolute atomic E-state index is 4.05. The minimum Gasteiger partial charge on any atom is -0.265 e. The highest BCUT2D eigenvalue weighted by Crippen LogP contribution is 2.31. The molecule has 1 nitrogen and oxygen atoms in total. The zero-order chi connectivity index (χ0) is 11.7. The quantitative estimate of drug-likeness (QED) is 0.642. The Balaban J connectivity index is 2.35. The van der Waals surface area contributed by atoms with Gasteiger partial charge in [-0.1, -0.05) is 40.2 Å². The molecule has 2 heteroatoms. The normalized spacial score (nSPS) is 10.6. The Bertz CT molecular complexity index is 662. The molecule has 3 aromatic rings. The molecule has 0 aliphatic carbocycles. The predicted octanol–water partition coefficient (Wildman–Crippen LogP) is 4.46. The van der Waals surface area contributed by atoms with Crippen LogP contribution in [0.1, 0.15) is 0 Å². The Morgan fingerprint density at radius 3 is 2.59 bits per heavy atom. The van der Waals surface area contributed by atoms with Gasteiger partial charge in [-0.05, 0) is 46.2 Å². The van der Waals surface area contributed by atoms with E-state index in [9.17, 15) is 0 Å². The van der Waals surface area contributed by atoms with Crippen molar-refractivity contribution in [1.82, 2.24) is 4.98 Å². The lowest BCUT2D eigenvalue weighted by Crippen LogP contribution is -1.82. The summed E-state index contributed by atoms with van der Waals surface area (Å²) in [5.74, 6) is 0. The van der Waals surface area contributed by atoms with Gasteiger partial charge in [-0.15, -0.1) is 0 Å². The van der Waals surface area contributed by atoms with E-state index in [4.69, 9.17) is 0 Å². The van der Waals surface area contributed by atoms with Crippen LogP contribution in [0, 0.1) is 6.07 Å². The molecule has 3 rings (SSSR count). The first-order valence-corrected chi connectivity index (χ1v) is 6.15. The summed E-state index contributed by atoms with van der Waals surface area (Å²) in [6.07, 6.45) is 3.61. The van der Waals surface area contributed by atoms with Crippen molar-refractivity contribution in [3.05, 3.63) is 65.4 Å². The van der Waals surface area contributed by atoms with Gasteiger partial charge >= 0.3 is 0 Å². The van der Waals surface area contributed by atoms with Gasteiger partial charge in [0.05, 0.1) is 0 Å².